The lowest BCUT2D eigenvalue weighted by molar-refractivity contribution is -0.143. The van der Waals surface area contributed by atoms with Crippen molar-refractivity contribution < 1.29 is 24.5 Å². The largest absolute Gasteiger partial charge is 0.466 e. The number of carbonyl (C=O) groups is 2. The molecule has 2 unspecified atom stereocenters. The smallest absolute Gasteiger partial charge is 0.305 e. The quantitative estimate of drug-likeness (QED) is 0.0320. The minimum atomic E-state index is -0.661. The zero-order chi connectivity index (χ0) is 62.8. The monoisotopic (exact) mass is 1220 g/mol. The highest BCUT2D eigenvalue weighted by Gasteiger charge is 2.20. The lowest BCUT2D eigenvalue weighted by Gasteiger charge is -2.22. The van der Waals surface area contributed by atoms with Gasteiger partial charge in [0.1, 0.15) is 0 Å². The summed E-state index contributed by atoms with van der Waals surface area (Å²) in [6.07, 6.45) is 99.6. The Balaban J connectivity index is 3.33. The van der Waals surface area contributed by atoms with E-state index in [-0.39, 0.29) is 18.5 Å². The Labute approximate surface area is 544 Å². The molecule has 0 aliphatic carbocycles. The van der Waals surface area contributed by atoms with Crippen molar-refractivity contribution >= 4 is 11.9 Å². The number of aliphatic hydroxyl groups is 2. The molecule has 0 radical (unpaired) electrons. The van der Waals surface area contributed by atoms with Gasteiger partial charge in [-0.2, -0.15) is 0 Å². The number of ether oxygens (including phenoxy) is 1. The van der Waals surface area contributed by atoms with Crippen LogP contribution in [0.3, 0.4) is 0 Å². The number of aliphatic hydroxyl groups excluding tert-OH is 2. The van der Waals surface area contributed by atoms with Crippen molar-refractivity contribution in [3.05, 3.63) is 36.5 Å². The number of hydrogen-bond donors (Lipinski definition) is 3. The molecule has 2 atom stereocenters. The predicted molar refractivity (Wildman–Crippen MR) is 384 cm³/mol. The van der Waals surface area contributed by atoms with E-state index >= 15 is 0 Å². The average molecular weight is 1220 g/mol. The van der Waals surface area contributed by atoms with Crippen LogP contribution in [-0.4, -0.2) is 47.4 Å². The summed E-state index contributed by atoms with van der Waals surface area (Å²) < 4.78 is 5.51. The van der Waals surface area contributed by atoms with Crippen LogP contribution in [0, 0.1) is 0 Å². The fourth-order valence-corrected chi connectivity index (χ4v) is 12.6. The third kappa shape index (κ3) is 73.0. The molecule has 6 heteroatoms. The van der Waals surface area contributed by atoms with Gasteiger partial charge in [-0.05, 0) is 83.5 Å². The molecule has 0 heterocycles. The summed E-state index contributed by atoms with van der Waals surface area (Å²) in [5.41, 5.74) is 0. The number of carbonyl (C=O) groups excluding carboxylic acids is 2. The maximum Gasteiger partial charge on any atom is 0.305 e. The van der Waals surface area contributed by atoms with E-state index in [4.69, 9.17) is 4.74 Å². The molecule has 0 aromatic carbocycles. The Kier molecular flexibility index (Phi) is 74.8. The number of amides is 1. The normalized spacial score (nSPS) is 12.6. The van der Waals surface area contributed by atoms with E-state index in [2.05, 4.69) is 55.6 Å². The van der Waals surface area contributed by atoms with E-state index in [1.54, 1.807) is 0 Å². The first-order valence-electron chi connectivity index (χ1n) is 39.7. The summed E-state index contributed by atoms with van der Waals surface area (Å²) in [7, 11) is 0. The molecule has 0 spiro atoms. The summed E-state index contributed by atoms with van der Waals surface area (Å²) in [5, 5.41) is 23.3. The standard InChI is InChI=1S/C81H155NO5/c1-3-5-7-9-11-13-15-17-18-19-44-47-51-55-59-63-67-71-75-81(86)87-76-72-68-64-60-56-52-48-45-42-40-38-36-34-32-30-28-26-24-22-20-21-23-25-27-29-31-33-35-37-39-41-43-46-50-54-58-62-66-70-74-80(85)82-78(77-83)79(84)73-69-65-61-57-53-49-16-14-12-10-8-6-4-2/h18-21,24,26,78-79,83-84H,3-17,22-23,25,27-77H2,1-2H3,(H,82,85)/b19-18-,21-20-,26-24-. The molecule has 514 valence electrons. The van der Waals surface area contributed by atoms with Gasteiger partial charge in [0.15, 0.2) is 0 Å². The van der Waals surface area contributed by atoms with Crippen LogP contribution in [0.15, 0.2) is 36.5 Å². The van der Waals surface area contributed by atoms with Crippen LogP contribution < -0.4 is 5.32 Å². The number of nitrogens with one attached hydrogen (secondary N) is 1. The zero-order valence-electron chi connectivity index (χ0n) is 59.0. The molecule has 3 N–H and O–H groups in total. The molecule has 1 amide bonds. The van der Waals surface area contributed by atoms with E-state index in [1.165, 1.54) is 360 Å². The van der Waals surface area contributed by atoms with Crippen LogP contribution in [-0.2, 0) is 14.3 Å². The fraction of sp³-hybridized carbons (Fsp3) is 0.901. The first kappa shape index (κ1) is 85.1. The van der Waals surface area contributed by atoms with Crippen LogP contribution in [0.1, 0.15) is 444 Å². The van der Waals surface area contributed by atoms with Crippen molar-refractivity contribution in [2.75, 3.05) is 13.2 Å². The first-order chi connectivity index (χ1) is 43.0. The minimum Gasteiger partial charge on any atom is -0.466 e. The maximum absolute atomic E-state index is 12.5. The fourth-order valence-electron chi connectivity index (χ4n) is 12.6. The molecule has 0 aromatic heterocycles. The SMILES string of the molecule is CCCCCCCCC/C=C\CCCCCCCCCC(=O)OCCCCCCCCCCCCCCCCC/C=C\C/C=C\CCCCCCCCCCCCCCCCCCCC(=O)NC(CO)C(O)CCCCCCCCCCCCCCC. The molecular weight excluding hydrogens is 1070 g/mol. The molecule has 0 saturated heterocycles. The number of rotatable bonds is 75. The van der Waals surface area contributed by atoms with E-state index in [9.17, 15) is 19.8 Å². The minimum absolute atomic E-state index is 0.0181. The van der Waals surface area contributed by atoms with Gasteiger partial charge in [-0.1, -0.05) is 384 Å². The second-order valence-corrected chi connectivity index (χ2v) is 27.4. The van der Waals surface area contributed by atoms with Crippen LogP contribution in [0.2, 0.25) is 0 Å². The Morgan fingerprint density at radius 3 is 0.885 bits per heavy atom. The Hall–Kier alpha value is -1.92. The summed E-state index contributed by atoms with van der Waals surface area (Å²) in [4.78, 5) is 24.6. The highest BCUT2D eigenvalue weighted by Crippen LogP contribution is 2.20. The summed E-state index contributed by atoms with van der Waals surface area (Å²) in [5.74, 6) is -0.0115. The highest BCUT2D eigenvalue weighted by atomic mass is 16.5. The Morgan fingerprint density at radius 2 is 0.575 bits per heavy atom. The molecule has 0 saturated carbocycles. The van der Waals surface area contributed by atoms with Gasteiger partial charge in [0, 0.05) is 12.8 Å². The lowest BCUT2D eigenvalue weighted by Crippen LogP contribution is -2.45. The van der Waals surface area contributed by atoms with Crippen molar-refractivity contribution in [3.8, 4) is 0 Å². The van der Waals surface area contributed by atoms with Gasteiger partial charge in [-0.3, -0.25) is 9.59 Å². The van der Waals surface area contributed by atoms with Crippen molar-refractivity contribution in [1.29, 1.82) is 0 Å². The second-order valence-electron chi connectivity index (χ2n) is 27.4. The van der Waals surface area contributed by atoms with Crippen molar-refractivity contribution in [1.82, 2.24) is 5.32 Å². The van der Waals surface area contributed by atoms with E-state index in [0.717, 1.165) is 51.4 Å². The summed E-state index contributed by atoms with van der Waals surface area (Å²) in [6.45, 7) is 4.99. The van der Waals surface area contributed by atoms with Crippen molar-refractivity contribution in [2.24, 2.45) is 0 Å². The summed E-state index contributed by atoms with van der Waals surface area (Å²) >= 11 is 0. The number of hydrogen-bond acceptors (Lipinski definition) is 5. The van der Waals surface area contributed by atoms with Crippen LogP contribution in [0.25, 0.3) is 0 Å². The van der Waals surface area contributed by atoms with Crippen molar-refractivity contribution in [3.63, 3.8) is 0 Å². The average Bonchev–Trinajstić information content (AvgIpc) is 3.54. The van der Waals surface area contributed by atoms with E-state index in [0.29, 0.717) is 25.9 Å². The molecule has 0 bridgehead atoms. The van der Waals surface area contributed by atoms with Crippen molar-refractivity contribution in [2.45, 2.75) is 456 Å². The van der Waals surface area contributed by atoms with Gasteiger partial charge in [0.2, 0.25) is 5.91 Å². The molecular formula is C81H155NO5. The number of unbranched alkanes of at least 4 members (excludes halogenated alkanes) is 58. The Morgan fingerprint density at radius 1 is 0.322 bits per heavy atom. The van der Waals surface area contributed by atoms with Gasteiger partial charge >= 0.3 is 5.97 Å². The van der Waals surface area contributed by atoms with Crippen LogP contribution in [0.4, 0.5) is 0 Å². The molecule has 0 aliphatic heterocycles. The molecule has 87 heavy (non-hydrogen) atoms. The van der Waals surface area contributed by atoms with E-state index < -0.39 is 12.1 Å². The Bertz CT molecular complexity index is 1410. The lowest BCUT2D eigenvalue weighted by atomic mass is 10.0. The van der Waals surface area contributed by atoms with E-state index in [1.807, 2.05) is 0 Å². The number of esters is 1. The molecule has 0 aromatic rings. The topological polar surface area (TPSA) is 95.9 Å². The molecule has 6 nitrogen and oxygen atoms in total. The number of allylic oxidation sites excluding steroid dienone is 6. The first-order valence-corrected chi connectivity index (χ1v) is 39.7. The molecule has 0 aliphatic rings. The van der Waals surface area contributed by atoms with Gasteiger partial charge in [-0.25, -0.2) is 0 Å². The second kappa shape index (κ2) is 76.5. The third-order valence-corrected chi connectivity index (χ3v) is 18.7. The van der Waals surface area contributed by atoms with Crippen LogP contribution >= 0.6 is 0 Å². The van der Waals surface area contributed by atoms with Gasteiger partial charge in [0.05, 0.1) is 25.4 Å². The highest BCUT2D eigenvalue weighted by molar-refractivity contribution is 5.76. The third-order valence-electron chi connectivity index (χ3n) is 18.7. The van der Waals surface area contributed by atoms with Gasteiger partial charge in [-0.15, -0.1) is 0 Å². The van der Waals surface area contributed by atoms with Gasteiger partial charge < -0.3 is 20.3 Å². The maximum atomic E-state index is 12.5. The predicted octanol–water partition coefficient (Wildman–Crippen LogP) is 26.2. The molecule has 0 rings (SSSR count). The van der Waals surface area contributed by atoms with Crippen LogP contribution in [0.5, 0.6) is 0 Å². The summed E-state index contributed by atoms with van der Waals surface area (Å²) in [6, 6.07) is -0.538. The zero-order valence-corrected chi connectivity index (χ0v) is 59.0. The van der Waals surface area contributed by atoms with Gasteiger partial charge in [0.25, 0.3) is 0 Å². The molecule has 0 fully saturated rings.